The number of pyridine rings is 1. The van der Waals surface area contributed by atoms with E-state index >= 15 is 0 Å². The van der Waals surface area contributed by atoms with Gasteiger partial charge in [-0.15, -0.1) is 0 Å². The van der Waals surface area contributed by atoms with E-state index in [9.17, 15) is 4.79 Å². The van der Waals surface area contributed by atoms with Gasteiger partial charge in [-0.3, -0.25) is 9.78 Å². The summed E-state index contributed by atoms with van der Waals surface area (Å²) in [7, 11) is 0. The second kappa shape index (κ2) is 7.64. The minimum Gasteiger partial charge on any atom is -0.383 e. The van der Waals surface area contributed by atoms with Crippen LogP contribution in [0.15, 0.2) is 42.7 Å². The Balaban J connectivity index is 2.05. The number of amides is 1. The highest BCUT2D eigenvalue weighted by Gasteiger charge is 2.11. The van der Waals surface area contributed by atoms with E-state index in [1.54, 1.807) is 18.5 Å². The number of hydrogen-bond donors (Lipinski definition) is 2. The lowest BCUT2D eigenvalue weighted by atomic mass is 10.2. The average Bonchev–Trinajstić information content (AvgIpc) is 2.52. The normalized spacial score (nSPS) is 10.2. The predicted octanol–water partition coefficient (Wildman–Crippen LogP) is 3.49. The van der Waals surface area contributed by atoms with E-state index in [-0.39, 0.29) is 5.91 Å². The maximum Gasteiger partial charge on any atom is 0.253 e. The third kappa shape index (κ3) is 4.20. The minimum atomic E-state index is -0.143. The van der Waals surface area contributed by atoms with Crippen LogP contribution in [0.4, 0.5) is 5.69 Å². The average molecular weight is 304 g/mol. The van der Waals surface area contributed by atoms with E-state index in [2.05, 4.69) is 22.5 Å². The SMILES string of the molecule is CCCNc1cnccc1C(=O)NCc1ccccc1Cl. The van der Waals surface area contributed by atoms with Crippen molar-refractivity contribution < 1.29 is 4.79 Å². The molecular formula is C16H18ClN3O. The summed E-state index contributed by atoms with van der Waals surface area (Å²) in [5.41, 5.74) is 2.23. The molecule has 2 N–H and O–H groups in total. The lowest BCUT2D eigenvalue weighted by Crippen LogP contribution is -2.24. The van der Waals surface area contributed by atoms with Crippen LogP contribution in [-0.4, -0.2) is 17.4 Å². The second-order valence-electron chi connectivity index (χ2n) is 4.62. The Morgan fingerprint density at radius 3 is 2.86 bits per heavy atom. The second-order valence-corrected chi connectivity index (χ2v) is 5.03. The number of anilines is 1. The van der Waals surface area contributed by atoms with Crippen molar-refractivity contribution in [1.82, 2.24) is 10.3 Å². The van der Waals surface area contributed by atoms with Crippen LogP contribution in [0, 0.1) is 0 Å². The Bertz CT molecular complexity index is 616. The molecule has 0 unspecified atom stereocenters. The van der Waals surface area contributed by atoms with Gasteiger partial charge in [-0.05, 0) is 24.1 Å². The molecular weight excluding hydrogens is 286 g/mol. The highest BCUT2D eigenvalue weighted by molar-refractivity contribution is 6.31. The van der Waals surface area contributed by atoms with Gasteiger partial charge in [0.15, 0.2) is 0 Å². The van der Waals surface area contributed by atoms with Gasteiger partial charge in [0.05, 0.1) is 17.4 Å². The Hall–Kier alpha value is -2.07. The van der Waals surface area contributed by atoms with Gasteiger partial charge in [0, 0.05) is 24.3 Å². The first kappa shape index (κ1) is 15.3. The molecule has 2 rings (SSSR count). The molecule has 1 heterocycles. The number of aromatic nitrogens is 1. The summed E-state index contributed by atoms with van der Waals surface area (Å²) in [6.45, 7) is 3.27. The zero-order chi connectivity index (χ0) is 15.1. The Morgan fingerprint density at radius 1 is 1.29 bits per heavy atom. The smallest absolute Gasteiger partial charge is 0.253 e. The number of nitrogens with one attached hydrogen (secondary N) is 2. The first-order valence-corrected chi connectivity index (χ1v) is 7.29. The monoisotopic (exact) mass is 303 g/mol. The largest absolute Gasteiger partial charge is 0.383 e. The zero-order valence-corrected chi connectivity index (χ0v) is 12.7. The van der Waals surface area contributed by atoms with Crippen LogP contribution in [0.25, 0.3) is 0 Å². The Morgan fingerprint density at radius 2 is 2.10 bits per heavy atom. The van der Waals surface area contributed by atoms with Gasteiger partial charge in [-0.1, -0.05) is 36.7 Å². The van der Waals surface area contributed by atoms with Gasteiger partial charge in [-0.2, -0.15) is 0 Å². The molecule has 5 heteroatoms. The molecule has 110 valence electrons. The van der Waals surface area contributed by atoms with Crippen molar-refractivity contribution in [2.75, 3.05) is 11.9 Å². The van der Waals surface area contributed by atoms with Crippen molar-refractivity contribution >= 4 is 23.2 Å². The molecule has 1 aromatic carbocycles. The van der Waals surface area contributed by atoms with Crippen LogP contribution in [0.5, 0.6) is 0 Å². The molecule has 0 bridgehead atoms. The summed E-state index contributed by atoms with van der Waals surface area (Å²) >= 11 is 6.08. The van der Waals surface area contributed by atoms with E-state index in [1.165, 1.54) is 0 Å². The molecule has 0 aliphatic carbocycles. The summed E-state index contributed by atoms with van der Waals surface area (Å²) in [6, 6.07) is 9.17. The molecule has 0 radical (unpaired) electrons. The van der Waals surface area contributed by atoms with E-state index in [0.29, 0.717) is 17.1 Å². The van der Waals surface area contributed by atoms with Crippen LogP contribution in [0.2, 0.25) is 5.02 Å². The van der Waals surface area contributed by atoms with Crippen LogP contribution >= 0.6 is 11.6 Å². The Labute approximate surface area is 129 Å². The van der Waals surface area contributed by atoms with Crippen LogP contribution in [0.3, 0.4) is 0 Å². The summed E-state index contributed by atoms with van der Waals surface area (Å²) in [5, 5.41) is 6.74. The highest BCUT2D eigenvalue weighted by Crippen LogP contribution is 2.16. The van der Waals surface area contributed by atoms with E-state index < -0.39 is 0 Å². The maximum atomic E-state index is 12.3. The van der Waals surface area contributed by atoms with Crippen molar-refractivity contribution in [3.05, 3.63) is 58.9 Å². The van der Waals surface area contributed by atoms with E-state index in [0.717, 1.165) is 24.2 Å². The molecule has 0 aliphatic heterocycles. The summed E-state index contributed by atoms with van der Waals surface area (Å²) in [4.78, 5) is 16.3. The lowest BCUT2D eigenvalue weighted by molar-refractivity contribution is 0.0951. The number of hydrogen-bond acceptors (Lipinski definition) is 3. The van der Waals surface area contributed by atoms with Gasteiger partial charge in [0.25, 0.3) is 5.91 Å². The lowest BCUT2D eigenvalue weighted by Gasteiger charge is -2.11. The topological polar surface area (TPSA) is 54.0 Å². The van der Waals surface area contributed by atoms with Gasteiger partial charge in [0.1, 0.15) is 0 Å². The molecule has 0 atom stereocenters. The quantitative estimate of drug-likeness (QED) is 0.859. The molecule has 0 spiro atoms. The van der Waals surface area contributed by atoms with E-state index in [1.807, 2.05) is 24.3 Å². The molecule has 2 aromatic rings. The molecule has 1 amide bonds. The number of benzene rings is 1. The molecule has 0 fully saturated rings. The summed E-state index contributed by atoms with van der Waals surface area (Å²) in [6.07, 6.45) is 4.26. The van der Waals surface area contributed by atoms with Crippen molar-refractivity contribution in [3.63, 3.8) is 0 Å². The number of nitrogens with zero attached hydrogens (tertiary/aromatic N) is 1. The molecule has 1 aromatic heterocycles. The number of carbonyl (C=O) groups is 1. The minimum absolute atomic E-state index is 0.143. The summed E-state index contributed by atoms with van der Waals surface area (Å²) < 4.78 is 0. The van der Waals surface area contributed by atoms with Gasteiger partial charge < -0.3 is 10.6 Å². The first-order chi connectivity index (χ1) is 10.2. The third-order valence-electron chi connectivity index (χ3n) is 3.03. The number of rotatable bonds is 6. The van der Waals surface area contributed by atoms with Crippen molar-refractivity contribution in [1.29, 1.82) is 0 Å². The van der Waals surface area contributed by atoms with Crippen molar-refractivity contribution in [3.8, 4) is 0 Å². The highest BCUT2D eigenvalue weighted by atomic mass is 35.5. The fraction of sp³-hybridized carbons (Fsp3) is 0.250. The zero-order valence-electron chi connectivity index (χ0n) is 11.9. The van der Waals surface area contributed by atoms with Crippen LogP contribution < -0.4 is 10.6 Å². The van der Waals surface area contributed by atoms with Crippen LogP contribution in [-0.2, 0) is 6.54 Å². The summed E-state index contributed by atoms with van der Waals surface area (Å²) in [5.74, 6) is -0.143. The number of carbonyl (C=O) groups excluding carboxylic acids is 1. The first-order valence-electron chi connectivity index (χ1n) is 6.92. The molecule has 0 saturated carbocycles. The maximum absolute atomic E-state index is 12.3. The van der Waals surface area contributed by atoms with Crippen molar-refractivity contribution in [2.45, 2.75) is 19.9 Å². The van der Waals surface area contributed by atoms with E-state index in [4.69, 9.17) is 11.6 Å². The van der Waals surface area contributed by atoms with Gasteiger partial charge >= 0.3 is 0 Å². The Kier molecular flexibility index (Phi) is 5.58. The van der Waals surface area contributed by atoms with Gasteiger partial charge in [-0.25, -0.2) is 0 Å². The number of halogens is 1. The predicted molar refractivity (Wildman–Crippen MR) is 85.6 cm³/mol. The van der Waals surface area contributed by atoms with Gasteiger partial charge in [0.2, 0.25) is 0 Å². The molecule has 0 saturated heterocycles. The molecule has 21 heavy (non-hydrogen) atoms. The fourth-order valence-electron chi connectivity index (χ4n) is 1.91. The van der Waals surface area contributed by atoms with Crippen LogP contribution in [0.1, 0.15) is 29.3 Å². The molecule has 4 nitrogen and oxygen atoms in total. The standard InChI is InChI=1S/C16H18ClN3O/c1-2-8-19-15-11-18-9-7-13(15)16(21)20-10-12-5-3-4-6-14(12)17/h3-7,9,11,19H,2,8,10H2,1H3,(H,20,21). The van der Waals surface area contributed by atoms with Crippen molar-refractivity contribution in [2.24, 2.45) is 0 Å². The third-order valence-corrected chi connectivity index (χ3v) is 3.40. The fourth-order valence-corrected chi connectivity index (χ4v) is 2.11. The molecule has 0 aliphatic rings.